The van der Waals surface area contributed by atoms with E-state index >= 15 is 0 Å². The number of amides is 1. The van der Waals surface area contributed by atoms with Crippen LogP contribution in [0.25, 0.3) is 0 Å². The molecular formula is C16H21NO3. The van der Waals surface area contributed by atoms with E-state index in [1.54, 1.807) is 0 Å². The molecule has 1 N–H and O–H groups in total. The number of nitrogens with zero attached hydrogens (tertiary/aromatic N) is 1. The molecule has 0 bridgehead atoms. The minimum Gasteiger partial charge on any atom is -0.493 e. The van der Waals surface area contributed by atoms with E-state index < -0.39 is 0 Å². The minimum absolute atomic E-state index is 0.0901. The van der Waals surface area contributed by atoms with Crippen LogP contribution in [0.1, 0.15) is 31.2 Å². The van der Waals surface area contributed by atoms with Crippen molar-refractivity contribution >= 4 is 5.91 Å². The first-order valence-corrected chi connectivity index (χ1v) is 7.35. The van der Waals surface area contributed by atoms with Crippen LogP contribution in [0.15, 0.2) is 24.3 Å². The third kappa shape index (κ3) is 2.40. The highest BCUT2D eigenvalue weighted by molar-refractivity contribution is 5.85. The van der Waals surface area contributed by atoms with Crippen molar-refractivity contribution in [2.45, 2.75) is 31.8 Å². The largest absolute Gasteiger partial charge is 0.493 e. The molecule has 0 aliphatic carbocycles. The Labute approximate surface area is 119 Å². The van der Waals surface area contributed by atoms with Gasteiger partial charge in [0.2, 0.25) is 5.91 Å². The number of carbonyl (C=O) groups excluding carboxylic acids is 1. The Balaban J connectivity index is 1.76. The van der Waals surface area contributed by atoms with Gasteiger partial charge in [-0.1, -0.05) is 18.2 Å². The van der Waals surface area contributed by atoms with E-state index in [1.807, 2.05) is 36.1 Å². The van der Waals surface area contributed by atoms with Gasteiger partial charge in [0.25, 0.3) is 0 Å². The molecule has 3 rings (SSSR count). The molecule has 2 heterocycles. The summed E-state index contributed by atoms with van der Waals surface area (Å²) in [5.74, 6) is 1.15. The Morgan fingerprint density at radius 3 is 2.95 bits per heavy atom. The van der Waals surface area contributed by atoms with Gasteiger partial charge >= 0.3 is 0 Å². The molecule has 0 aromatic heterocycles. The molecular weight excluding hydrogens is 254 g/mol. The standard InChI is InChI=1S/C16H21NO3/c1-11(18)12-6-8-17(10-12)16(19)14-7-9-20-15-5-3-2-4-13(14)15/h2-5,11-12,14,18H,6-10H2,1H3. The highest BCUT2D eigenvalue weighted by Crippen LogP contribution is 2.35. The van der Waals surface area contributed by atoms with Crippen LogP contribution in [0.2, 0.25) is 0 Å². The van der Waals surface area contributed by atoms with Crippen molar-refractivity contribution in [3.63, 3.8) is 0 Å². The summed E-state index contributed by atoms with van der Waals surface area (Å²) in [6.07, 6.45) is 1.30. The molecule has 1 saturated heterocycles. The highest BCUT2D eigenvalue weighted by Gasteiger charge is 2.35. The Kier molecular flexibility index (Phi) is 3.66. The van der Waals surface area contributed by atoms with Crippen LogP contribution in [0.4, 0.5) is 0 Å². The first kappa shape index (κ1) is 13.4. The maximum atomic E-state index is 12.7. The average Bonchev–Trinajstić information content (AvgIpc) is 2.96. The average molecular weight is 275 g/mol. The second kappa shape index (κ2) is 5.44. The molecule has 3 atom stereocenters. The van der Waals surface area contributed by atoms with Crippen LogP contribution >= 0.6 is 0 Å². The molecule has 4 nitrogen and oxygen atoms in total. The van der Waals surface area contributed by atoms with Crippen LogP contribution in [-0.2, 0) is 4.79 Å². The lowest BCUT2D eigenvalue weighted by Crippen LogP contribution is -2.36. The number of fused-ring (bicyclic) bond motifs is 1. The first-order chi connectivity index (χ1) is 9.66. The number of carbonyl (C=O) groups is 1. The van der Waals surface area contributed by atoms with E-state index in [9.17, 15) is 9.90 Å². The number of rotatable bonds is 2. The smallest absolute Gasteiger partial charge is 0.230 e. The molecule has 0 spiro atoms. The van der Waals surface area contributed by atoms with Crippen molar-refractivity contribution in [3.05, 3.63) is 29.8 Å². The molecule has 1 amide bonds. The SMILES string of the molecule is CC(O)C1CCN(C(=O)C2CCOc3ccccc32)C1. The van der Waals surface area contributed by atoms with Crippen molar-refractivity contribution in [2.24, 2.45) is 5.92 Å². The predicted molar refractivity (Wildman–Crippen MR) is 75.7 cm³/mol. The van der Waals surface area contributed by atoms with E-state index in [1.165, 1.54) is 0 Å². The molecule has 1 aromatic rings. The fourth-order valence-corrected chi connectivity index (χ4v) is 3.20. The Morgan fingerprint density at radius 2 is 2.20 bits per heavy atom. The van der Waals surface area contributed by atoms with Gasteiger partial charge in [0.15, 0.2) is 0 Å². The van der Waals surface area contributed by atoms with E-state index in [-0.39, 0.29) is 23.8 Å². The van der Waals surface area contributed by atoms with E-state index in [2.05, 4.69) is 0 Å². The zero-order chi connectivity index (χ0) is 14.1. The zero-order valence-corrected chi connectivity index (χ0v) is 11.8. The van der Waals surface area contributed by atoms with E-state index in [0.717, 1.165) is 30.7 Å². The third-order valence-electron chi connectivity index (χ3n) is 4.48. The van der Waals surface area contributed by atoms with Gasteiger partial charge in [-0.25, -0.2) is 0 Å². The van der Waals surface area contributed by atoms with Crippen molar-refractivity contribution in [1.29, 1.82) is 0 Å². The lowest BCUT2D eigenvalue weighted by molar-refractivity contribution is -0.132. The van der Waals surface area contributed by atoms with E-state index in [0.29, 0.717) is 13.2 Å². The molecule has 3 unspecified atom stereocenters. The molecule has 20 heavy (non-hydrogen) atoms. The third-order valence-corrected chi connectivity index (χ3v) is 4.48. The topological polar surface area (TPSA) is 49.8 Å². The predicted octanol–water partition coefficient (Wildman–Crippen LogP) is 1.78. The lowest BCUT2D eigenvalue weighted by atomic mass is 9.92. The second-order valence-electron chi connectivity index (χ2n) is 5.80. The molecule has 1 fully saturated rings. The van der Waals surface area contributed by atoms with Gasteiger partial charge in [-0.2, -0.15) is 0 Å². The van der Waals surface area contributed by atoms with Crippen molar-refractivity contribution in [1.82, 2.24) is 4.90 Å². The number of hydrogen-bond acceptors (Lipinski definition) is 3. The van der Waals surface area contributed by atoms with E-state index in [4.69, 9.17) is 4.74 Å². The maximum Gasteiger partial charge on any atom is 0.230 e. The van der Waals surface area contributed by atoms with Gasteiger partial charge in [-0.15, -0.1) is 0 Å². The van der Waals surface area contributed by atoms with Crippen LogP contribution in [0.3, 0.4) is 0 Å². The maximum absolute atomic E-state index is 12.7. The molecule has 108 valence electrons. The number of hydrogen-bond donors (Lipinski definition) is 1. The number of likely N-dealkylation sites (tertiary alicyclic amines) is 1. The van der Waals surface area contributed by atoms with Crippen molar-refractivity contribution in [3.8, 4) is 5.75 Å². The quantitative estimate of drug-likeness (QED) is 0.895. The summed E-state index contributed by atoms with van der Waals surface area (Å²) in [5.41, 5.74) is 1.00. The number of benzene rings is 1. The minimum atomic E-state index is -0.338. The summed E-state index contributed by atoms with van der Waals surface area (Å²) in [5, 5.41) is 9.66. The lowest BCUT2D eigenvalue weighted by Gasteiger charge is -2.28. The van der Waals surface area contributed by atoms with Crippen LogP contribution in [-0.4, -0.2) is 41.7 Å². The molecule has 0 saturated carbocycles. The van der Waals surface area contributed by atoms with Crippen molar-refractivity contribution in [2.75, 3.05) is 19.7 Å². The van der Waals surface area contributed by atoms with Crippen LogP contribution in [0.5, 0.6) is 5.75 Å². The Bertz CT molecular complexity index is 500. The fourth-order valence-electron chi connectivity index (χ4n) is 3.20. The highest BCUT2D eigenvalue weighted by atomic mass is 16.5. The summed E-state index contributed by atoms with van der Waals surface area (Å²) in [4.78, 5) is 14.6. The number of aliphatic hydroxyl groups is 1. The monoisotopic (exact) mass is 275 g/mol. The molecule has 4 heteroatoms. The number of ether oxygens (including phenoxy) is 1. The van der Waals surface area contributed by atoms with Crippen molar-refractivity contribution < 1.29 is 14.6 Å². The summed E-state index contributed by atoms with van der Waals surface area (Å²) in [6.45, 7) is 3.84. The van der Waals surface area contributed by atoms with Gasteiger partial charge < -0.3 is 14.7 Å². The van der Waals surface area contributed by atoms with Gasteiger partial charge in [-0.05, 0) is 25.8 Å². The zero-order valence-electron chi connectivity index (χ0n) is 11.8. The molecule has 2 aliphatic heterocycles. The Hall–Kier alpha value is -1.55. The normalized spacial score (nSPS) is 26.8. The van der Waals surface area contributed by atoms with Gasteiger partial charge in [-0.3, -0.25) is 4.79 Å². The fraction of sp³-hybridized carbons (Fsp3) is 0.562. The second-order valence-corrected chi connectivity index (χ2v) is 5.80. The Morgan fingerprint density at radius 1 is 1.40 bits per heavy atom. The summed E-state index contributed by atoms with van der Waals surface area (Å²) in [6, 6.07) is 7.80. The molecule has 1 aromatic carbocycles. The summed E-state index contributed by atoms with van der Waals surface area (Å²) < 4.78 is 5.62. The summed E-state index contributed by atoms with van der Waals surface area (Å²) in [7, 11) is 0. The van der Waals surface area contributed by atoms with Gasteiger partial charge in [0.1, 0.15) is 5.75 Å². The van der Waals surface area contributed by atoms with Crippen LogP contribution < -0.4 is 4.74 Å². The van der Waals surface area contributed by atoms with Gasteiger partial charge in [0.05, 0.1) is 18.6 Å². The number of aliphatic hydroxyl groups excluding tert-OH is 1. The van der Waals surface area contributed by atoms with Crippen LogP contribution in [0, 0.1) is 5.92 Å². The molecule has 2 aliphatic rings. The first-order valence-electron chi connectivity index (χ1n) is 7.35. The summed E-state index contributed by atoms with van der Waals surface area (Å²) >= 11 is 0. The van der Waals surface area contributed by atoms with Gasteiger partial charge in [0, 0.05) is 24.6 Å². The molecule has 0 radical (unpaired) electrons. The number of para-hydroxylation sites is 1.